The van der Waals surface area contributed by atoms with Gasteiger partial charge in [0.1, 0.15) is 7.93 Å². The summed E-state index contributed by atoms with van der Waals surface area (Å²) >= 11 is 8.70. The number of ether oxygens (including phenoxy) is 1. The van der Waals surface area contributed by atoms with Crippen LogP contribution in [0.2, 0.25) is 0 Å². The van der Waals surface area contributed by atoms with Gasteiger partial charge in [0.15, 0.2) is 0 Å². The molecule has 4 nitrogen and oxygen atoms in total. The molecule has 1 atom stereocenters. The largest absolute Gasteiger partial charge is 0.376 e. The fourth-order valence-electron chi connectivity index (χ4n) is 1.72. The Morgan fingerprint density at radius 2 is 2.32 bits per heavy atom. The lowest BCUT2D eigenvalue weighted by molar-refractivity contribution is 0.0609. The van der Waals surface area contributed by atoms with Crippen molar-refractivity contribution in [2.75, 3.05) is 6.61 Å². The average molecular weight is 410 g/mol. The summed E-state index contributed by atoms with van der Waals surface area (Å²) in [5, 5.41) is 1.93. The van der Waals surface area contributed by atoms with Crippen LogP contribution >= 0.6 is 43.2 Å². The third-order valence-corrected chi connectivity index (χ3v) is 5.91. The van der Waals surface area contributed by atoms with Gasteiger partial charge in [0.05, 0.1) is 17.9 Å². The Labute approximate surface area is 131 Å². The molecule has 2 rings (SSSR count). The minimum absolute atomic E-state index is 0.0914. The van der Waals surface area contributed by atoms with E-state index in [1.165, 1.54) is 17.7 Å². The Kier molecular flexibility index (Phi) is 4.81. The summed E-state index contributed by atoms with van der Waals surface area (Å²) < 4.78 is 5.84. The second-order valence-electron chi connectivity index (χ2n) is 4.19. The fourth-order valence-corrected chi connectivity index (χ4v) is 3.86. The second-order valence-corrected chi connectivity index (χ2v) is 8.64. The molecule has 0 amide bonds. The lowest BCUT2D eigenvalue weighted by atomic mass is 10.1. The molecule has 1 N–H and O–H groups in total. The minimum Gasteiger partial charge on any atom is -0.376 e. The highest BCUT2D eigenvalue weighted by atomic mass is 79.9. The Morgan fingerprint density at radius 1 is 1.58 bits per heavy atom. The monoisotopic (exact) mass is 408 g/mol. The van der Waals surface area contributed by atoms with Crippen molar-refractivity contribution in [1.29, 1.82) is 0 Å². The lowest BCUT2D eigenvalue weighted by Gasteiger charge is -2.27. The number of fused-ring (bicyclic) bond motifs is 1. The van der Waals surface area contributed by atoms with E-state index in [1.807, 2.05) is 12.3 Å². The van der Waals surface area contributed by atoms with E-state index in [2.05, 4.69) is 48.8 Å². The molecule has 0 saturated carbocycles. The van der Waals surface area contributed by atoms with Gasteiger partial charge in [0.2, 0.25) is 0 Å². The molecule has 0 aromatic carbocycles. The van der Waals surface area contributed by atoms with E-state index in [-0.39, 0.29) is 11.7 Å². The maximum Gasteiger partial charge on any atom is 0.268 e. The molecule has 7 heteroatoms. The van der Waals surface area contributed by atoms with E-state index in [4.69, 9.17) is 4.74 Å². The smallest absolute Gasteiger partial charge is 0.268 e. The van der Waals surface area contributed by atoms with Crippen molar-refractivity contribution in [3.63, 3.8) is 0 Å². The SMILES string of the molecule is CCCOC(C)C(Br)(Br)c1csc2c(=O)[nH]cnc12. The summed E-state index contributed by atoms with van der Waals surface area (Å²) in [7, 11) is 0. The van der Waals surface area contributed by atoms with Crippen LogP contribution in [0, 0.1) is 0 Å². The average Bonchev–Trinajstić information content (AvgIpc) is 2.81. The van der Waals surface area contributed by atoms with Crippen molar-refractivity contribution < 1.29 is 4.74 Å². The highest BCUT2D eigenvalue weighted by Gasteiger charge is 2.36. The highest BCUT2D eigenvalue weighted by Crippen LogP contribution is 2.46. The van der Waals surface area contributed by atoms with E-state index >= 15 is 0 Å². The molecular formula is C12H14Br2N2O2S. The number of nitrogens with one attached hydrogen (secondary N) is 1. The Balaban J connectivity index is 2.43. The van der Waals surface area contributed by atoms with Gasteiger partial charge in [-0.1, -0.05) is 38.8 Å². The molecule has 0 radical (unpaired) electrons. The summed E-state index contributed by atoms with van der Waals surface area (Å²) in [5.41, 5.74) is 1.51. The Bertz CT molecular complexity index is 623. The van der Waals surface area contributed by atoms with Gasteiger partial charge in [-0.3, -0.25) is 4.79 Å². The predicted molar refractivity (Wildman–Crippen MR) is 85.5 cm³/mol. The molecule has 2 aromatic heterocycles. The number of aromatic nitrogens is 2. The minimum atomic E-state index is -0.547. The highest BCUT2D eigenvalue weighted by molar-refractivity contribution is 9.24. The van der Waals surface area contributed by atoms with Crippen LogP contribution in [-0.4, -0.2) is 22.7 Å². The zero-order valence-electron chi connectivity index (χ0n) is 10.6. The first-order chi connectivity index (χ1) is 8.98. The van der Waals surface area contributed by atoms with Crippen LogP contribution in [0.1, 0.15) is 25.8 Å². The maximum atomic E-state index is 11.7. The van der Waals surface area contributed by atoms with Crippen molar-refractivity contribution >= 4 is 53.4 Å². The number of rotatable bonds is 5. The molecule has 104 valence electrons. The topological polar surface area (TPSA) is 55.0 Å². The molecule has 0 bridgehead atoms. The Hall–Kier alpha value is -0.240. The van der Waals surface area contributed by atoms with Crippen LogP contribution in [0.4, 0.5) is 0 Å². The number of alkyl halides is 2. The molecule has 0 fully saturated rings. The van der Waals surface area contributed by atoms with Gasteiger partial charge in [0, 0.05) is 12.2 Å². The van der Waals surface area contributed by atoms with Crippen molar-refractivity contribution in [2.24, 2.45) is 0 Å². The summed E-state index contributed by atoms with van der Waals surface area (Å²) in [5.74, 6) is 0. The maximum absolute atomic E-state index is 11.7. The first kappa shape index (κ1) is 15.2. The van der Waals surface area contributed by atoms with E-state index in [0.717, 1.165) is 12.0 Å². The Morgan fingerprint density at radius 3 is 3.00 bits per heavy atom. The molecule has 2 aromatic rings. The number of thiophene rings is 1. The normalized spacial score (nSPS) is 13.9. The molecular weight excluding hydrogens is 396 g/mol. The molecule has 19 heavy (non-hydrogen) atoms. The number of hydrogen-bond donors (Lipinski definition) is 1. The zero-order chi connectivity index (χ0) is 14.0. The van der Waals surface area contributed by atoms with Crippen LogP contribution < -0.4 is 5.56 Å². The van der Waals surface area contributed by atoms with Crippen molar-refractivity contribution in [3.8, 4) is 0 Å². The summed E-state index contributed by atoms with van der Waals surface area (Å²) in [6, 6.07) is 0. The number of nitrogens with zero attached hydrogens (tertiary/aromatic N) is 1. The standard InChI is InChI=1S/C12H14Br2N2O2S/c1-3-4-18-7(2)12(13,14)8-5-19-10-9(8)15-6-16-11(10)17/h5-7H,3-4H2,1-2H3,(H,15,16,17). The fraction of sp³-hybridized carbons (Fsp3) is 0.500. The van der Waals surface area contributed by atoms with E-state index in [0.29, 0.717) is 16.8 Å². The van der Waals surface area contributed by atoms with Crippen molar-refractivity contribution in [3.05, 3.63) is 27.6 Å². The molecule has 2 heterocycles. The van der Waals surface area contributed by atoms with Crippen molar-refractivity contribution in [2.45, 2.75) is 29.6 Å². The quantitative estimate of drug-likeness (QED) is 0.765. The van der Waals surface area contributed by atoms with Gasteiger partial charge in [-0.05, 0) is 18.7 Å². The van der Waals surface area contributed by atoms with E-state index in [9.17, 15) is 4.79 Å². The first-order valence-corrected chi connectivity index (χ1v) is 8.39. The second kappa shape index (κ2) is 6.03. The molecule has 0 aliphatic carbocycles. The number of aromatic amines is 1. The summed E-state index contributed by atoms with van der Waals surface area (Å²) in [4.78, 5) is 18.6. The number of H-pyrrole nitrogens is 1. The molecule has 0 saturated heterocycles. The van der Waals surface area contributed by atoms with Gasteiger partial charge in [-0.15, -0.1) is 11.3 Å². The zero-order valence-corrected chi connectivity index (χ0v) is 14.6. The first-order valence-electron chi connectivity index (χ1n) is 5.93. The van der Waals surface area contributed by atoms with E-state index < -0.39 is 3.23 Å². The molecule has 0 aliphatic heterocycles. The van der Waals surface area contributed by atoms with Gasteiger partial charge < -0.3 is 9.72 Å². The van der Waals surface area contributed by atoms with Gasteiger partial charge in [0.25, 0.3) is 5.56 Å². The molecule has 1 unspecified atom stereocenters. The summed E-state index contributed by atoms with van der Waals surface area (Å²) in [6.07, 6.45) is 2.29. The van der Waals surface area contributed by atoms with Crippen LogP contribution in [0.15, 0.2) is 16.5 Å². The van der Waals surface area contributed by atoms with Crippen LogP contribution in [-0.2, 0) is 7.97 Å². The predicted octanol–water partition coefficient (Wildman–Crippen LogP) is 3.74. The van der Waals surface area contributed by atoms with Crippen LogP contribution in [0.3, 0.4) is 0 Å². The number of halogens is 2. The number of hydrogen-bond acceptors (Lipinski definition) is 4. The van der Waals surface area contributed by atoms with Crippen LogP contribution in [0.5, 0.6) is 0 Å². The molecule has 0 spiro atoms. The van der Waals surface area contributed by atoms with Crippen LogP contribution in [0.25, 0.3) is 10.2 Å². The van der Waals surface area contributed by atoms with Gasteiger partial charge in [-0.25, -0.2) is 4.98 Å². The third kappa shape index (κ3) is 2.94. The third-order valence-electron chi connectivity index (χ3n) is 2.80. The summed E-state index contributed by atoms with van der Waals surface area (Å²) in [6.45, 7) is 4.74. The molecule has 0 aliphatic rings. The lowest BCUT2D eigenvalue weighted by Crippen LogP contribution is -2.28. The van der Waals surface area contributed by atoms with Gasteiger partial charge >= 0.3 is 0 Å². The van der Waals surface area contributed by atoms with Crippen molar-refractivity contribution in [1.82, 2.24) is 9.97 Å². The van der Waals surface area contributed by atoms with Gasteiger partial charge in [-0.2, -0.15) is 0 Å². The van der Waals surface area contributed by atoms with E-state index in [1.54, 1.807) is 0 Å².